The van der Waals surface area contributed by atoms with Gasteiger partial charge in [0.1, 0.15) is 0 Å². The summed E-state index contributed by atoms with van der Waals surface area (Å²) < 4.78 is 0. The Kier molecular flexibility index (Phi) is 2.58. The molecule has 1 heterocycles. The molecule has 0 bridgehead atoms. The van der Waals surface area contributed by atoms with E-state index in [1.807, 2.05) is 0 Å². The van der Waals surface area contributed by atoms with Gasteiger partial charge in [-0.3, -0.25) is 0 Å². The minimum Gasteiger partial charge on any atom is -0.379 e. The summed E-state index contributed by atoms with van der Waals surface area (Å²) in [5.41, 5.74) is 1.47. The number of benzene rings is 1. The Balaban J connectivity index is 2.18. The van der Waals surface area contributed by atoms with Gasteiger partial charge in [0, 0.05) is 13.1 Å². The lowest BCUT2D eigenvalue weighted by Gasteiger charge is -2.29. The molecule has 2 rings (SSSR count). The van der Waals surface area contributed by atoms with Crippen LogP contribution in [0.5, 0.6) is 0 Å². The van der Waals surface area contributed by atoms with Crippen molar-refractivity contribution in [2.45, 2.75) is 6.04 Å². The SMILES string of the molecule is N#Cc1ccc(Cl)c(NC2CNC2)c1. The van der Waals surface area contributed by atoms with Gasteiger partial charge in [0.25, 0.3) is 0 Å². The topological polar surface area (TPSA) is 47.9 Å². The zero-order valence-electron chi connectivity index (χ0n) is 7.55. The lowest BCUT2D eigenvalue weighted by atomic mass is 10.1. The molecular weight excluding hydrogens is 198 g/mol. The molecule has 1 saturated heterocycles. The molecule has 3 nitrogen and oxygen atoms in total. The van der Waals surface area contributed by atoms with Crippen LogP contribution < -0.4 is 10.6 Å². The molecule has 1 aromatic carbocycles. The van der Waals surface area contributed by atoms with E-state index in [2.05, 4.69) is 16.7 Å². The smallest absolute Gasteiger partial charge is 0.0992 e. The first-order chi connectivity index (χ1) is 6.79. The van der Waals surface area contributed by atoms with Gasteiger partial charge in [0.05, 0.1) is 28.4 Å². The van der Waals surface area contributed by atoms with Gasteiger partial charge in [-0.1, -0.05) is 11.6 Å². The molecule has 72 valence electrons. The van der Waals surface area contributed by atoms with E-state index in [-0.39, 0.29) is 0 Å². The number of nitrogens with zero attached hydrogens (tertiary/aromatic N) is 1. The Morgan fingerprint density at radius 1 is 1.50 bits per heavy atom. The third kappa shape index (κ3) is 1.82. The van der Waals surface area contributed by atoms with Gasteiger partial charge in [-0.05, 0) is 18.2 Å². The number of rotatable bonds is 2. The average Bonchev–Trinajstić information content (AvgIpc) is 2.14. The average molecular weight is 208 g/mol. The van der Waals surface area contributed by atoms with Crippen molar-refractivity contribution < 1.29 is 0 Å². The zero-order valence-corrected chi connectivity index (χ0v) is 8.30. The molecular formula is C10H10ClN3. The van der Waals surface area contributed by atoms with Crippen LogP contribution in [0.3, 0.4) is 0 Å². The van der Waals surface area contributed by atoms with Gasteiger partial charge in [-0.15, -0.1) is 0 Å². The van der Waals surface area contributed by atoms with E-state index in [0.29, 0.717) is 16.6 Å². The largest absolute Gasteiger partial charge is 0.379 e. The standard InChI is InChI=1S/C10H10ClN3/c11-9-2-1-7(4-12)3-10(9)14-8-5-13-6-8/h1-3,8,13-14H,5-6H2. The van der Waals surface area contributed by atoms with Gasteiger partial charge in [0.15, 0.2) is 0 Å². The van der Waals surface area contributed by atoms with Crippen molar-refractivity contribution in [2.75, 3.05) is 18.4 Å². The molecule has 1 aliphatic heterocycles. The number of hydrogen-bond donors (Lipinski definition) is 2. The Morgan fingerprint density at radius 2 is 2.29 bits per heavy atom. The number of halogens is 1. The Morgan fingerprint density at radius 3 is 2.86 bits per heavy atom. The van der Waals surface area contributed by atoms with Crippen LogP contribution in [0.4, 0.5) is 5.69 Å². The summed E-state index contributed by atoms with van der Waals surface area (Å²) in [6.07, 6.45) is 0. The maximum absolute atomic E-state index is 8.73. The summed E-state index contributed by atoms with van der Waals surface area (Å²) in [4.78, 5) is 0. The summed E-state index contributed by atoms with van der Waals surface area (Å²) in [7, 11) is 0. The van der Waals surface area contributed by atoms with Crippen LogP contribution in [0.15, 0.2) is 18.2 Å². The minimum atomic E-state index is 0.432. The van der Waals surface area contributed by atoms with E-state index in [1.54, 1.807) is 18.2 Å². The Labute approximate surface area is 87.7 Å². The van der Waals surface area contributed by atoms with E-state index < -0.39 is 0 Å². The summed E-state index contributed by atoms with van der Waals surface area (Å²) in [5.74, 6) is 0. The monoisotopic (exact) mass is 207 g/mol. The summed E-state index contributed by atoms with van der Waals surface area (Å²) in [6, 6.07) is 7.76. The molecule has 2 N–H and O–H groups in total. The molecule has 1 aliphatic rings. The van der Waals surface area contributed by atoms with Gasteiger partial charge < -0.3 is 10.6 Å². The quantitative estimate of drug-likeness (QED) is 0.775. The number of anilines is 1. The second-order valence-electron chi connectivity index (χ2n) is 3.31. The summed E-state index contributed by atoms with van der Waals surface area (Å²) >= 11 is 5.99. The molecule has 0 spiro atoms. The van der Waals surface area contributed by atoms with Crippen molar-refractivity contribution in [3.63, 3.8) is 0 Å². The highest BCUT2D eigenvalue weighted by molar-refractivity contribution is 6.33. The van der Waals surface area contributed by atoms with Gasteiger partial charge >= 0.3 is 0 Å². The van der Waals surface area contributed by atoms with E-state index in [4.69, 9.17) is 16.9 Å². The third-order valence-corrected chi connectivity index (χ3v) is 2.57. The highest BCUT2D eigenvalue weighted by atomic mass is 35.5. The second kappa shape index (κ2) is 3.87. The Hall–Kier alpha value is -1.24. The van der Waals surface area contributed by atoms with Gasteiger partial charge in [-0.2, -0.15) is 5.26 Å². The van der Waals surface area contributed by atoms with Crippen LogP contribution in [0.2, 0.25) is 5.02 Å². The van der Waals surface area contributed by atoms with Crippen molar-refractivity contribution in [2.24, 2.45) is 0 Å². The van der Waals surface area contributed by atoms with Crippen molar-refractivity contribution in [1.29, 1.82) is 5.26 Å². The van der Waals surface area contributed by atoms with Crippen molar-refractivity contribution >= 4 is 17.3 Å². The van der Waals surface area contributed by atoms with Gasteiger partial charge in [-0.25, -0.2) is 0 Å². The van der Waals surface area contributed by atoms with Crippen LogP contribution in [0.1, 0.15) is 5.56 Å². The maximum atomic E-state index is 8.73. The number of hydrogen-bond acceptors (Lipinski definition) is 3. The number of nitriles is 1. The van der Waals surface area contributed by atoms with Crippen molar-refractivity contribution in [3.8, 4) is 6.07 Å². The second-order valence-corrected chi connectivity index (χ2v) is 3.71. The predicted molar refractivity (Wildman–Crippen MR) is 56.4 cm³/mol. The molecule has 4 heteroatoms. The lowest BCUT2D eigenvalue weighted by Crippen LogP contribution is -2.51. The predicted octanol–water partition coefficient (Wildman–Crippen LogP) is 1.60. The zero-order chi connectivity index (χ0) is 9.97. The van der Waals surface area contributed by atoms with Crippen molar-refractivity contribution in [1.82, 2.24) is 5.32 Å². The maximum Gasteiger partial charge on any atom is 0.0992 e. The van der Waals surface area contributed by atoms with Crippen molar-refractivity contribution in [3.05, 3.63) is 28.8 Å². The molecule has 0 aromatic heterocycles. The fourth-order valence-electron chi connectivity index (χ4n) is 1.32. The first-order valence-corrected chi connectivity index (χ1v) is 4.84. The lowest BCUT2D eigenvalue weighted by molar-refractivity contribution is 0.472. The van der Waals surface area contributed by atoms with E-state index >= 15 is 0 Å². The molecule has 0 radical (unpaired) electrons. The highest BCUT2D eigenvalue weighted by Crippen LogP contribution is 2.23. The molecule has 0 saturated carbocycles. The minimum absolute atomic E-state index is 0.432. The van der Waals surface area contributed by atoms with E-state index in [0.717, 1.165) is 18.8 Å². The van der Waals surface area contributed by atoms with E-state index in [1.165, 1.54) is 0 Å². The van der Waals surface area contributed by atoms with Crippen LogP contribution in [0.25, 0.3) is 0 Å². The fourth-order valence-corrected chi connectivity index (χ4v) is 1.49. The van der Waals surface area contributed by atoms with E-state index in [9.17, 15) is 0 Å². The fraction of sp³-hybridized carbons (Fsp3) is 0.300. The highest BCUT2D eigenvalue weighted by Gasteiger charge is 2.17. The first-order valence-electron chi connectivity index (χ1n) is 4.46. The van der Waals surface area contributed by atoms with Crippen LogP contribution in [-0.4, -0.2) is 19.1 Å². The van der Waals surface area contributed by atoms with Crippen LogP contribution >= 0.6 is 11.6 Å². The molecule has 0 unspecified atom stereocenters. The molecule has 1 aromatic rings. The number of nitrogens with one attached hydrogen (secondary N) is 2. The van der Waals surface area contributed by atoms with Gasteiger partial charge in [0.2, 0.25) is 0 Å². The molecule has 14 heavy (non-hydrogen) atoms. The molecule has 0 amide bonds. The summed E-state index contributed by atoms with van der Waals surface area (Å²) in [6.45, 7) is 1.90. The molecule has 0 aliphatic carbocycles. The first kappa shape index (κ1) is 9.32. The molecule has 0 atom stereocenters. The summed E-state index contributed by atoms with van der Waals surface area (Å²) in [5, 5.41) is 15.8. The third-order valence-electron chi connectivity index (χ3n) is 2.24. The normalized spacial score (nSPS) is 15.7. The Bertz CT molecular complexity index is 379. The van der Waals surface area contributed by atoms with Crippen LogP contribution in [-0.2, 0) is 0 Å². The van der Waals surface area contributed by atoms with Crippen LogP contribution in [0, 0.1) is 11.3 Å². The molecule has 1 fully saturated rings.